The van der Waals surface area contributed by atoms with Crippen molar-refractivity contribution in [3.05, 3.63) is 34.3 Å². The van der Waals surface area contributed by atoms with Crippen LogP contribution in [0, 0.1) is 0 Å². The molecule has 0 saturated heterocycles. The highest BCUT2D eigenvalue weighted by Gasteiger charge is 2.14. The second kappa shape index (κ2) is 7.74. The Balaban J connectivity index is 2.40. The van der Waals surface area contributed by atoms with Crippen LogP contribution in [0.2, 0.25) is 0 Å². The van der Waals surface area contributed by atoms with Gasteiger partial charge in [0, 0.05) is 10.0 Å². The minimum atomic E-state index is -0.523. The molecule has 5 heteroatoms. The van der Waals surface area contributed by atoms with Gasteiger partial charge < -0.3 is 10.5 Å². The third-order valence-corrected chi connectivity index (χ3v) is 3.68. The van der Waals surface area contributed by atoms with Gasteiger partial charge in [0.15, 0.2) is 0 Å². The van der Waals surface area contributed by atoms with Gasteiger partial charge in [-0.3, -0.25) is 4.79 Å². The first kappa shape index (κ1) is 14.5. The number of halogens is 1. The summed E-state index contributed by atoms with van der Waals surface area (Å²) in [4.78, 5) is 11.6. The SMILES string of the molecule is CSCCC(N)C(=O)OCc1ccccc1Br. The van der Waals surface area contributed by atoms with Gasteiger partial charge in [0.2, 0.25) is 0 Å². The van der Waals surface area contributed by atoms with Crippen molar-refractivity contribution in [2.75, 3.05) is 12.0 Å². The van der Waals surface area contributed by atoms with Gasteiger partial charge in [-0.1, -0.05) is 34.1 Å². The van der Waals surface area contributed by atoms with Crippen molar-refractivity contribution in [2.24, 2.45) is 5.73 Å². The lowest BCUT2D eigenvalue weighted by atomic mass is 10.2. The Hall–Kier alpha value is -0.520. The molecule has 1 atom stereocenters. The summed E-state index contributed by atoms with van der Waals surface area (Å²) in [7, 11) is 0. The fraction of sp³-hybridized carbons (Fsp3) is 0.417. The Morgan fingerprint density at radius 3 is 2.88 bits per heavy atom. The average molecular weight is 318 g/mol. The highest BCUT2D eigenvalue weighted by atomic mass is 79.9. The Morgan fingerprint density at radius 2 is 2.24 bits per heavy atom. The van der Waals surface area contributed by atoms with Crippen LogP contribution in [0.3, 0.4) is 0 Å². The molecule has 1 aromatic rings. The van der Waals surface area contributed by atoms with Crippen LogP contribution in [0.1, 0.15) is 12.0 Å². The van der Waals surface area contributed by atoms with Crippen LogP contribution in [0.5, 0.6) is 0 Å². The summed E-state index contributed by atoms with van der Waals surface area (Å²) in [5.41, 5.74) is 6.65. The van der Waals surface area contributed by atoms with Crippen LogP contribution in [-0.2, 0) is 16.1 Å². The predicted octanol–water partition coefficient (Wildman–Crippen LogP) is 2.57. The van der Waals surface area contributed by atoms with E-state index in [-0.39, 0.29) is 12.6 Å². The van der Waals surface area contributed by atoms with Gasteiger partial charge in [0.1, 0.15) is 12.6 Å². The van der Waals surface area contributed by atoms with E-state index in [9.17, 15) is 4.79 Å². The molecule has 0 radical (unpaired) electrons. The van der Waals surface area contributed by atoms with Gasteiger partial charge in [0.25, 0.3) is 0 Å². The zero-order chi connectivity index (χ0) is 12.7. The number of thioether (sulfide) groups is 1. The predicted molar refractivity (Wildman–Crippen MR) is 74.9 cm³/mol. The molecule has 3 nitrogen and oxygen atoms in total. The number of benzene rings is 1. The van der Waals surface area contributed by atoms with Gasteiger partial charge in [-0.15, -0.1) is 0 Å². The quantitative estimate of drug-likeness (QED) is 0.819. The molecular formula is C12H16BrNO2S. The Bertz CT molecular complexity index is 373. The third kappa shape index (κ3) is 5.10. The molecular weight excluding hydrogens is 302 g/mol. The average Bonchev–Trinajstić information content (AvgIpc) is 2.34. The minimum Gasteiger partial charge on any atom is -0.460 e. The van der Waals surface area contributed by atoms with Gasteiger partial charge in [-0.2, -0.15) is 11.8 Å². The number of hydrogen-bond acceptors (Lipinski definition) is 4. The molecule has 0 saturated carbocycles. The summed E-state index contributed by atoms with van der Waals surface area (Å²) in [6.07, 6.45) is 2.63. The topological polar surface area (TPSA) is 52.3 Å². The number of carbonyl (C=O) groups is 1. The smallest absolute Gasteiger partial charge is 0.323 e. The molecule has 0 spiro atoms. The van der Waals surface area contributed by atoms with E-state index >= 15 is 0 Å². The zero-order valence-electron chi connectivity index (χ0n) is 9.69. The Labute approximate surface area is 114 Å². The van der Waals surface area contributed by atoms with Crippen LogP contribution >= 0.6 is 27.7 Å². The molecule has 0 fully saturated rings. The molecule has 2 N–H and O–H groups in total. The first-order chi connectivity index (χ1) is 8.15. The molecule has 1 aromatic carbocycles. The lowest BCUT2D eigenvalue weighted by Crippen LogP contribution is -2.32. The normalized spacial score (nSPS) is 12.2. The van der Waals surface area contributed by atoms with Crippen LogP contribution in [0.15, 0.2) is 28.7 Å². The molecule has 94 valence electrons. The molecule has 0 heterocycles. The number of carbonyl (C=O) groups excluding carboxylic acids is 1. The van der Waals surface area contributed by atoms with E-state index in [1.807, 2.05) is 30.5 Å². The van der Waals surface area contributed by atoms with Crippen LogP contribution in [-0.4, -0.2) is 24.0 Å². The molecule has 1 rings (SSSR count). The maximum atomic E-state index is 11.6. The molecule has 0 aromatic heterocycles. The van der Waals surface area contributed by atoms with Crippen LogP contribution < -0.4 is 5.73 Å². The highest BCUT2D eigenvalue weighted by Crippen LogP contribution is 2.16. The summed E-state index contributed by atoms with van der Waals surface area (Å²) in [6, 6.07) is 7.12. The molecule has 0 aliphatic rings. The first-order valence-corrected chi connectivity index (χ1v) is 7.48. The van der Waals surface area contributed by atoms with E-state index in [1.165, 1.54) is 0 Å². The first-order valence-electron chi connectivity index (χ1n) is 5.29. The van der Waals surface area contributed by atoms with Crippen molar-refractivity contribution >= 4 is 33.7 Å². The van der Waals surface area contributed by atoms with Crippen LogP contribution in [0.4, 0.5) is 0 Å². The maximum absolute atomic E-state index is 11.6. The van der Waals surface area contributed by atoms with Crippen LogP contribution in [0.25, 0.3) is 0 Å². The number of nitrogens with two attached hydrogens (primary N) is 1. The number of hydrogen-bond donors (Lipinski definition) is 1. The lowest BCUT2D eigenvalue weighted by Gasteiger charge is -2.11. The van der Waals surface area contributed by atoms with E-state index in [4.69, 9.17) is 10.5 Å². The maximum Gasteiger partial charge on any atom is 0.323 e. The summed E-state index contributed by atoms with van der Waals surface area (Å²) >= 11 is 5.07. The van der Waals surface area contributed by atoms with E-state index in [0.717, 1.165) is 15.8 Å². The van der Waals surface area contributed by atoms with E-state index in [2.05, 4.69) is 15.9 Å². The highest BCUT2D eigenvalue weighted by molar-refractivity contribution is 9.10. The summed E-state index contributed by atoms with van der Waals surface area (Å²) < 4.78 is 6.10. The third-order valence-electron chi connectivity index (χ3n) is 2.26. The van der Waals surface area contributed by atoms with Crippen molar-refractivity contribution in [3.8, 4) is 0 Å². The monoisotopic (exact) mass is 317 g/mol. The number of esters is 1. The van der Waals surface area contributed by atoms with Gasteiger partial charge in [0.05, 0.1) is 0 Å². The Kier molecular flexibility index (Phi) is 6.62. The molecule has 1 unspecified atom stereocenters. The summed E-state index contributed by atoms with van der Waals surface area (Å²) in [5, 5.41) is 0. The van der Waals surface area contributed by atoms with Gasteiger partial charge in [-0.05, 0) is 24.5 Å². The standard InChI is InChI=1S/C12H16BrNO2S/c1-17-7-6-11(14)12(15)16-8-9-4-2-3-5-10(9)13/h2-5,11H,6-8,14H2,1H3. The molecule has 17 heavy (non-hydrogen) atoms. The van der Waals surface area contributed by atoms with Gasteiger partial charge in [-0.25, -0.2) is 0 Å². The number of ether oxygens (including phenoxy) is 1. The minimum absolute atomic E-state index is 0.257. The van der Waals surface area contributed by atoms with Crippen molar-refractivity contribution < 1.29 is 9.53 Å². The largest absolute Gasteiger partial charge is 0.460 e. The van der Waals surface area contributed by atoms with Crippen molar-refractivity contribution in [2.45, 2.75) is 19.1 Å². The zero-order valence-corrected chi connectivity index (χ0v) is 12.1. The summed E-state index contributed by atoms with van der Waals surface area (Å²) in [6.45, 7) is 0.257. The number of rotatable bonds is 6. The van der Waals surface area contributed by atoms with Crippen molar-refractivity contribution in [3.63, 3.8) is 0 Å². The lowest BCUT2D eigenvalue weighted by molar-refractivity contribution is -0.146. The second-order valence-electron chi connectivity index (χ2n) is 3.59. The molecule has 0 amide bonds. The summed E-state index contributed by atoms with van der Waals surface area (Å²) in [5.74, 6) is 0.528. The molecule has 0 aliphatic carbocycles. The fourth-order valence-electron chi connectivity index (χ4n) is 1.23. The Morgan fingerprint density at radius 1 is 1.53 bits per heavy atom. The molecule has 0 bridgehead atoms. The van der Waals surface area contributed by atoms with Gasteiger partial charge >= 0.3 is 5.97 Å². The van der Waals surface area contributed by atoms with E-state index < -0.39 is 6.04 Å². The molecule has 0 aliphatic heterocycles. The fourth-order valence-corrected chi connectivity index (χ4v) is 2.12. The van der Waals surface area contributed by atoms with E-state index in [0.29, 0.717) is 6.42 Å². The van der Waals surface area contributed by atoms with E-state index in [1.54, 1.807) is 11.8 Å². The second-order valence-corrected chi connectivity index (χ2v) is 5.43. The van der Waals surface area contributed by atoms with Crippen molar-refractivity contribution in [1.82, 2.24) is 0 Å². The van der Waals surface area contributed by atoms with Crippen molar-refractivity contribution in [1.29, 1.82) is 0 Å².